The van der Waals surface area contributed by atoms with Crippen molar-refractivity contribution in [1.82, 2.24) is 0 Å². The molecule has 2 rings (SSSR count). The van der Waals surface area contributed by atoms with Crippen molar-refractivity contribution in [3.8, 4) is 16.9 Å². The van der Waals surface area contributed by atoms with Crippen LogP contribution in [-0.4, -0.2) is 19.0 Å². The summed E-state index contributed by atoms with van der Waals surface area (Å²) in [7, 11) is 1.37. The zero-order valence-electron chi connectivity index (χ0n) is 15.9. The molecule has 0 radical (unpaired) electrons. The first-order valence-corrected chi connectivity index (χ1v) is 9.32. The predicted octanol–water partition coefficient (Wildman–Crippen LogP) is 5.44. The minimum atomic E-state index is -0.539. The average Bonchev–Trinajstić information content (AvgIpc) is 2.68. The molecule has 0 spiro atoms. The van der Waals surface area contributed by atoms with Gasteiger partial charge in [-0.3, -0.25) is 9.59 Å². The molecule has 6 heteroatoms. The summed E-state index contributed by atoms with van der Waals surface area (Å²) in [4.78, 5) is 22.9. The Labute approximate surface area is 163 Å². The van der Waals surface area contributed by atoms with E-state index in [4.69, 9.17) is 4.74 Å². The molecule has 0 aliphatic carbocycles. The summed E-state index contributed by atoms with van der Waals surface area (Å²) in [6.07, 6.45) is 4.79. The van der Waals surface area contributed by atoms with Gasteiger partial charge in [0, 0.05) is 24.5 Å². The van der Waals surface area contributed by atoms with Crippen LogP contribution in [0.5, 0.6) is 5.75 Å². The Morgan fingerprint density at radius 1 is 0.821 bits per heavy atom. The van der Waals surface area contributed by atoms with Gasteiger partial charge < -0.3 is 9.47 Å². The van der Waals surface area contributed by atoms with E-state index in [0.29, 0.717) is 24.0 Å². The summed E-state index contributed by atoms with van der Waals surface area (Å²) >= 11 is 0. The van der Waals surface area contributed by atoms with Gasteiger partial charge in [-0.05, 0) is 42.7 Å². The lowest BCUT2D eigenvalue weighted by Crippen LogP contribution is -2.07. The van der Waals surface area contributed by atoms with E-state index in [1.807, 2.05) is 0 Å². The van der Waals surface area contributed by atoms with Crippen molar-refractivity contribution in [2.45, 2.75) is 44.9 Å². The fourth-order valence-electron chi connectivity index (χ4n) is 2.78. The predicted molar refractivity (Wildman–Crippen MR) is 102 cm³/mol. The lowest BCUT2D eigenvalue weighted by Gasteiger charge is -2.08. The first-order valence-electron chi connectivity index (χ1n) is 9.32. The van der Waals surface area contributed by atoms with E-state index in [-0.39, 0.29) is 18.1 Å². The molecule has 0 unspecified atom stereocenters. The molecule has 0 aliphatic rings. The van der Waals surface area contributed by atoms with Crippen LogP contribution in [0, 0.1) is 11.6 Å². The number of benzene rings is 2. The maximum atomic E-state index is 14.3. The minimum Gasteiger partial charge on any atom is -0.469 e. The molecule has 0 N–H and O–H groups in total. The number of methoxy groups -OCH3 is 1. The summed E-state index contributed by atoms with van der Waals surface area (Å²) in [6, 6.07) is 9.69. The van der Waals surface area contributed by atoms with Gasteiger partial charge >= 0.3 is 11.9 Å². The molecular weight excluding hydrogens is 366 g/mol. The average molecular weight is 390 g/mol. The second-order valence-corrected chi connectivity index (χ2v) is 6.47. The van der Waals surface area contributed by atoms with E-state index in [1.54, 1.807) is 0 Å². The van der Waals surface area contributed by atoms with Crippen LogP contribution in [0.15, 0.2) is 42.5 Å². The van der Waals surface area contributed by atoms with Crippen molar-refractivity contribution in [1.29, 1.82) is 0 Å². The molecule has 0 aliphatic heterocycles. The summed E-state index contributed by atoms with van der Waals surface area (Å²) < 4.78 is 37.0. The third-order valence-corrected chi connectivity index (χ3v) is 4.32. The molecule has 0 saturated heterocycles. The smallest absolute Gasteiger partial charge is 0.311 e. The van der Waals surface area contributed by atoms with Crippen LogP contribution in [0.25, 0.3) is 11.1 Å². The Bertz CT molecular complexity index is 788. The van der Waals surface area contributed by atoms with Crippen molar-refractivity contribution >= 4 is 11.9 Å². The lowest BCUT2D eigenvalue weighted by molar-refractivity contribution is -0.140. The SMILES string of the molecule is COC(=O)CCCCCCCC(=O)Oc1ccc(-c2ccc(F)cc2)c(F)c1. The molecule has 0 atom stereocenters. The van der Waals surface area contributed by atoms with Crippen LogP contribution in [0.2, 0.25) is 0 Å². The molecule has 150 valence electrons. The summed E-state index contributed by atoms with van der Waals surface area (Å²) in [5.74, 6) is -1.41. The van der Waals surface area contributed by atoms with Crippen LogP contribution >= 0.6 is 0 Å². The zero-order chi connectivity index (χ0) is 20.4. The van der Waals surface area contributed by atoms with Crippen molar-refractivity contribution in [3.63, 3.8) is 0 Å². The molecule has 0 fully saturated rings. The molecule has 0 amide bonds. The largest absolute Gasteiger partial charge is 0.469 e. The number of unbranched alkanes of at least 4 members (excludes halogenated alkanes) is 4. The molecular formula is C22H24F2O4. The highest BCUT2D eigenvalue weighted by atomic mass is 19.1. The van der Waals surface area contributed by atoms with Gasteiger partial charge in [0.25, 0.3) is 0 Å². The van der Waals surface area contributed by atoms with Gasteiger partial charge in [-0.1, -0.05) is 31.4 Å². The van der Waals surface area contributed by atoms with Gasteiger partial charge in [-0.25, -0.2) is 8.78 Å². The van der Waals surface area contributed by atoms with Crippen LogP contribution in [0.3, 0.4) is 0 Å². The topological polar surface area (TPSA) is 52.6 Å². The van der Waals surface area contributed by atoms with Gasteiger partial charge in [0.15, 0.2) is 0 Å². The number of esters is 2. The standard InChI is InChI=1S/C22H24F2O4/c1-27-21(25)7-5-3-2-4-6-8-22(26)28-18-13-14-19(20(24)15-18)16-9-11-17(23)12-10-16/h9-15H,2-8H2,1H3. The van der Waals surface area contributed by atoms with Crippen molar-refractivity contribution < 1.29 is 27.8 Å². The number of halogens is 2. The van der Waals surface area contributed by atoms with E-state index in [1.165, 1.54) is 43.5 Å². The second kappa shape index (κ2) is 11.2. The number of ether oxygens (including phenoxy) is 2. The Morgan fingerprint density at radius 3 is 2.04 bits per heavy atom. The van der Waals surface area contributed by atoms with E-state index in [2.05, 4.69) is 4.74 Å². The van der Waals surface area contributed by atoms with Crippen molar-refractivity contribution in [3.05, 3.63) is 54.1 Å². The molecule has 0 bridgehead atoms. The number of rotatable bonds is 10. The molecule has 0 saturated carbocycles. The molecule has 4 nitrogen and oxygen atoms in total. The van der Waals surface area contributed by atoms with Gasteiger partial charge in [-0.2, -0.15) is 0 Å². The Balaban J connectivity index is 1.73. The zero-order valence-corrected chi connectivity index (χ0v) is 15.9. The number of hydrogen-bond acceptors (Lipinski definition) is 4. The summed E-state index contributed by atoms with van der Waals surface area (Å²) in [6.45, 7) is 0. The molecule has 2 aromatic carbocycles. The van der Waals surface area contributed by atoms with Crippen LogP contribution in [-0.2, 0) is 14.3 Å². The van der Waals surface area contributed by atoms with Crippen LogP contribution in [0.1, 0.15) is 44.9 Å². The summed E-state index contributed by atoms with van der Waals surface area (Å²) in [5.41, 5.74) is 0.857. The fraction of sp³-hybridized carbons (Fsp3) is 0.364. The minimum absolute atomic E-state index is 0.145. The number of hydrogen-bond donors (Lipinski definition) is 0. The van der Waals surface area contributed by atoms with Crippen LogP contribution in [0.4, 0.5) is 8.78 Å². The molecule has 28 heavy (non-hydrogen) atoms. The van der Waals surface area contributed by atoms with Gasteiger partial charge in [-0.15, -0.1) is 0 Å². The molecule has 0 heterocycles. The third kappa shape index (κ3) is 7.10. The quantitative estimate of drug-likeness (QED) is 0.308. The Hall–Kier alpha value is -2.76. The van der Waals surface area contributed by atoms with E-state index in [9.17, 15) is 18.4 Å². The van der Waals surface area contributed by atoms with E-state index < -0.39 is 17.6 Å². The Morgan fingerprint density at radius 2 is 1.43 bits per heavy atom. The highest BCUT2D eigenvalue weighted by molar-refractivity contribution is 5.73. The second-order valence-electron chi connectivity index (χ2n) is 6.47. The fourth-order valence-corrected chi connectivity index (χ4v) is 2.78. The van der Waals surface area contributed by atoms with Gasteiger partial charge in [0.1, 0.15) is 17.4 Å². The van der Waals surface area contributed by atoms with Crippen molar-refractivity contribution in [2.24, 2.45) is 0 Å². The first kappa shape index (κ1) is 21.5. The molecule has 2 aromatic rings. The number of carbonyl (C=O) groups excluding carboxylic acids is 2. The first-order chi connectivity index (χ1) is 13.5. The maximum absolute atomic E-state index is 14.3. The van der Waals surface area contributed by atoms with Crippen LogP contribution < -0.4 is 4.74 Å². The third-order valence-electron chi connectivity index (χ3n) is 4.32. The lowest BCUT2D eigenvalue weighted by atomic mass is 10.1. The maximum Gasteiger partial charge on any atom is 0.311 e. The van der Waals surface area contributed by atoms with Gasteiger partial charge in [0.2, 0.25) is 0 Å². The number of carbonyl (C=O) groups is 2. The van der Waals surface area contributed by atoms with Gasteiger partial charge in [0.05, 0.1) is 7.11 Å². The normalized spacial score (nSPS) is 10.5. The highest BCUT2D eigenvalue weighted by Crippen LogP contribution is 2.26. The summed E-state index contributed by atoms with van der Waals surface area (Å²) in [5, 5.41) is 0. The van der Waals surface area contributed by atoms with E-state index >= 15 is 0 Å². The van der Waals surface area contributed by atoms with Crippen molar-refractivity contribution in [2.75, 3.05) is 7.11 Å². The monoisotopic (exact) mass is 390 g/mol. The molecule has 0 aromatic heterocycles. The van der Waals surface area contributed by atoms with E-state index in [0.717, 1.165) is 31.7 Å². The Kier molecular flexibility index (Phi) is 8.59. The highest BCUT2D eigenvalue weighted by Gasteiger charge is 2.10.